The Balaban J connectivity index is 2.53. The van der Waals surface area contributed by atoms with Gasteiger partial charge in [-0.1, -0.05) is 5.16 Å². The Morgan fingerprint density at radius 3 is 2.65 bits per heavy atom. The first-order valence-electron chi connectivity index (χ1n) is 4.70. The van der Waals surface area contributed by atoms with Crippen molar-refractivity contribution in [1.82, 2.24) is 0 Å². The van der Waals surface area contributed by atoms with Crippen LogP contribution in [0.1, 0.15) is 0 Å². The maximum absolute atomic E-state index is 10.9. The third-order valence-electron chi connectivity index (χ3n) is 1.80. The highest BCUT2D eigenvalue weighted by molar-refractivity contribution is 5.84. The van der Waals surface area contributed by atoms with Gasteiger partial charge in [-0.05, 0) is 24.3 Å². The molecule has 4 N–H and O–H groups in total. The van der Waals surface area contributed by atoms with Crippen molar-refractivity contribution in [2.24, 2.45) is 10.9 Å². The van der Waals surface area contributed by atoms with Crippen molar-refractivity contribution in [3.8, 4) is 5.75 Å². The van der Waals surface area contributed by atoms with Gasteiger partial charge in [-0.2, -0.15) is 0 Å². The fourth-order valence-electron chi connectivity index (χ4n) is 0.990. The van der Waals surface area contributed by atoms with E-state index in [0.29, 0.717) is 11.4 Å². The van der Waals surface area contributed by atoms with Crippen LogP contribution >= 0.6 is 0 Å². The van der Waals surface area contributed by atoms with Crippen LogP contribution < -0.4 is 15.8 Å². The van der Waals surface area contributed by atoms with Gasteiger partial charge < -0.3 is 20.4 Å². The molecule has 0 heterocycles. The van der Waals surface area contributed by atoms with Gasteiger partial charge >= 0.3 is 6.09 Å². The first-order chi connectivity index (χ1) is 8.15. The van der Waals surface area contributed by atoms with Crippen LogP contribution in [0.2, 0.25) is 0 Å². The number of amides is 1. The number of carbonyl (C=O) groups is 1. The normalized spacial score (nSPS) is 10.8. The molecule has 0 unspecified atom stereocenters. The van der Waals surface area contributed by atoms with E-state index in [0.717, 1.165) is 0 Å². The van der Waals surface area contributed by atoms with E-state index in [1.165, 1.54) is 7.11 Å². The van der Waals surface area contributed by atoms with Crippen LogP contribution in [0.5, 0.6) is 5.75 Å². The molecule has 0 atom stereocenters. The molecular weight excluding hydrogens is 226 g/mol. The molecule has 17 heavy (non-hydrogen) atoms. The largest absolute Gasteiger partial charge is 0.486 e. The number of ether oxygens (including phenoxy) is 2. The number of benzene rings is 1. The molecule has 0 bridgehead atoms. The minimum absolute atomic E-state index is 0.0136. The number of nitrogens with two attached hydrogens (primary N) is 1. The van der Waals surface area contributed by atoms with Crippen LogP contribution in [0.4, 0.5) is 10.5 Å². The van der Waals surface area contributed by atoms with Gasteiger partial charge in [0.25, 0.3) is 0 Å². The van der Waals surface area contributed by atoms with Crippen LogP contribution in [0.25, 0.3) is 0 Å². The molecule has 0 spiro atoms. The molecule has 0 saturated heterocycles. The van der Waals surface area contributed by atoms with Crippen molar-refractivity contribution in [3.05, 3.63) is 24.3 Å². The van der Waals surface area contributed by atoms with Gasteiger partial charge in [0, 0.05) is 5.69 Å². The van der Waals surface area contributed by atoms with Gasteiger partial charge in [0.2, 0.25) is 0 Å². The minimum atomic E-state index is -0.546. The molecule has 1 amide bonds. The fraction of sp³-hybridized carbons (Fsp3) is 0.200. The number of rotatable bonds is 4. The van der Waals surface area contributed by atoms with Crippen molar-refractivity contribution < 1.29 is 19.5 Å². The Kier molecular flexibility index (Phi) is 4.61. The number of amidine groups is 1. The first kappa shape index (κ1) is 12.6. The predicted octanol–water partition coefficient (Wildman–Crippen LogP) is 0.990. The summed E-state index contributed by atoms with van der Waals surface area (Å²) in [7, 11) is 1.28. The Morgan fingerprint density at radius 1 is 1.47 bits per heavy atom. The molecule has 1 aromatic rings. The molecule has 0 fully saturated rings. The summed E-state index contributed by atoms with van der Waals surface area (Å²) < 4.78 is 9.62. The monoisotopic (exact) mass is 239 g/mol. The lowest BCUT2D eigenvalue weighted by Gasteiger charge is -2.06. The van der Waals surface area contributed by atoms with Crippen molar-refractivity contribution >= 4 is 17.6 Å². The van der Waals surface area contributed by atoms with E-state index in [2.05, 4.69) is 15.2 Å². The van der Waals surface area contributed by atoms with E-state index in [4.69, 9.17) is 15.7 Å². The SMILES string of the molecule is COC(=O)Nc1ccc(OC/C(N)=N/O)cc1. The van der Waals surface area contributed by atoms with Gasteiger partial charge in [-0.25, -0.2) is 4.79 Å². The minimum Gasteiger partial charge on any atom is -0.486 e. The van der Waals surface area contributed by atoms with E-state index < -0.39 is 6.09 Å². The molecule has 7 nitrogen and oxygen atoms in total. The molecule has 0 saturated carbocycles. The highest BCUT2D eigenvalue weighted by Crippen LogP contribution is 2.15. The number of nitrogens with zero attached hydrogens (tertiary/aromatic N) is 1. The van der Waals surface area contributed by atoms with Gasteiger partial charge in [0.15, 0.2) is 5.84 Å². The summed E-state index contributed by atoms with van der Waals surface area (Å²) in [5.41, 5.74) is 5.81. The smallest absolute Gasteiger partial charge is 0.411 e. The Bertz CT molecular complexity index is 403. The number of nitrogens with one attached hydrogen (secondary N) is 1. The van der Waals surface area contributed by atoms with Gasteiger partial charge in [-0.15, -0.1) is 0 Å². The van der Waals surface area contributed by atoms with Crippen molar-refractivity contribution in [2.45, 2.75) is 0 Å². The quantitative estimate of drug-likeness (QED) is 0.314. The highest BCUT2D eigenvalue weighted by atomic mass is 16.5. The van der Waals surface area contributed by atoms with Crippen LogP contribution in [0.15, 0.2) is 29.4 Å². The molecule has 0 aliphatic heterocycles. The summed E-state index contributed by atoms with van der Waals surface area (Å²) >= 11 is 0. The van der Waals surface area contributed by atoms with Gasteiger partial charge in [-0.3, -0.25) is 5.32 Å². The first-order valence-corrected chi connectivity index (χ1v) is 4.70. The number of methoxy groups -OCH3 is 1. The summed E-state index contributed by atoms with van der Waals surface area (Å²) in [6.45, 7) is -0.0136. The number of hydrogen-bond acceptors (Lipinski definition) is 5. The van der Waals surface area contributed by atoms with Crippen LogP contribution in [0, 0.1) is 0 Å². The second-order valence-electron chi connectivity index (χ2n) is 3.02. The predicted molar refractivity (Wildman–Crippen MR) is 61.4 cm³/mol. The van der Waals surface area contributed by atoms with Gasteiger partial charge in [0.1, 0.15) is 12.4 Å². The zero-order valence-corrected chi connectivity index (χ0v) is 9.21. The summed E-state index contributed by atoms with van der Waals surface area (Å²) in [4.78, 5) is 10.9. The zero-order valence-electron chi connectivity index (χ0n) is 9.21. The molecule has 0 aliphatic rings. The molecule has 0 radical (unpaired) electrons. The maximum Gasteiger partial charge on any atom is 0.411 e. The topological polar surface area (TPSA) is 106 Å². The van der Waals surface area contributed by atoms with Gasteiger partial charge in [0.05, 0.1) is 7.11 Å². The third-order valence-corrected chi connectivity index (χ3v) is 1.80. The molecule has 1 aromatic carbocycles. The Hall–Kier alpha value is -2.44. The average molecular weight is 239 g/mol. The zero-order chi connectivity index (χ0) is 12.7. The maximum atomic E-state index is 10.9. The summed E-state index contributed by atoms with van der Waals surface area (Å²) in [5, 5.41) is 13.6. The van der Waals surface area contributed by atoms with Crippen LogP contribution in [-0.2, 0) is 4.74 Å². The molecule has 92 valence electrons. The standard InChI is InChI=1S/C10H13N3O4/c1-16-10(14)12-7-2-4-8(5-3-7)17-6-9(11)13-15/h2-5,15H,6H2,1H3,(H2,11,13)(H,12,14). The second-order valence-corrected chi connectivity index (χ2v) is 3.02. The number of oxime groups is 1. The average Bonchev–Trinajstić information content (AvgIpc) is 2.37. The van der Waals surface area contributed by atoms with E-state index in [1.807, 2.05) is 0 Å². The number of hydrogen-bond donors (Lipinski definition) is 3. The fourth-order valence-corrected chi connectivity index (χ4v) is 0.990. The molecule has 1 rings (SSSR count). The van der Waals surface area contributed by atoms with Crippen LogP contribution in [-0.4, -0.2) is 30.9 Å². The second kappa shape index (κ2) is 6.21. The number of carbonyl (C=O) groups excluding carboxylic acids is 1. The Morgan fingerprint density at radius 2 is 2.12 bits per heavy atom. The lowest BCUT2D eigenvalue weighted by molar-refractivity contribution is 0.187. The summed E-state index contributed by atoms with van der Waals surface area (Å²) in [6.07, 6.45) is -0.546. The summed E-state index contributed by atoms with van der Waals surface area (Å²) in [5.74, 6) is 0.508. The van der Waals surface area contributed by atoms with E-state index in [9.17, 15) is 4.79 Å². The highest BCUT2D eigenvalue weighted by Gasteiger charge is 2.01. The molecule has 0 aliphatic carbocycles. The van der Waals surface area contributed by atoms with Crippen LogP contribution in [0.3, 0.4) is 0 Å². The lowest BCUT2D eigenvalue weighted by Crippen LogP contribution is -2.20. The van der Waals surface area contributed by atoms with Crippen molar-refractivity contribution in [2.75, 3.05) is 19.0 Å². The third kappa shape index (κ3) is 4.29. The molecular formula is C10H13N3O4. The number of anilines is 1. The van der Waals surface area contributed by atoms with E-state index >= 15 is 0 Å². The molecule has 0 aromatic heterocycles. The summed E-state index contributed by atoms with van der Waals surface area (Å²) in [6, 6.07) is 6.54. The Labute approximate surface area is 97.8 Å². The van der Waals surface area contributed by atoms with E-state index in [1.54, 1.807) is 24.3 Å². The van der Waals surface area contributed by atoms with Crippen molar-refractivity contribution in [1.29, 1.82) is 0 Å². The lowest BCUT2D eigenvalue weighted by atomic mass is 10.3. The van der Waals surface area contributed by atoms with Crippen molar-refractivity contribution in [3.63, 3.8) is 0 Å². The molecule has 7 heteroatoms. The van der Waals surface area contributed by atoms with E-state index in [-0.39, 0.29) is 12.4 Å².